The first-order valence-corrected chi connectivity index (χ1v) is 6.92. The summed E-state index contributed by atoms with van der Waals surface area (Å²) in [7, 11) is 0. The van der Waals surface area contributed by atoms with E-state index in [2.05, 4.69) is 10.4 Å². The zero-order valence-corrected chi connectivity index (χ0v) is 11.9. The summed E-state index contributed by atoms with van der Waals surface area (Å²) in [6.45, 7) is 2.45. The third-order valence-corrected chi connectivity index (χ3v) is 3.47. The Balaban J connectivity index is 1.60. The van der Waals surface area contributed by atoms with Gasteiger partial charge in [0.05, 0.1) is 11.7 Å². The Morgan fingerprint density at radius 1 is 1.52 bits per heavy atom. The van der Waals surface area contributed by atoms with Crippen molar-refractivity contribution >= 4 is 11.7 Å². The molecule has 3 rings (SSSR count). The number of rotatable bonds is 3. The molecule has 0 spiro atoms. The molecule has 1 aromatic carbocycles. The number of carbonyl (C=O) groups is 1. The van der Waals surface area contributed by atoms with Gasteiger partial charge in [0.25, 0.3) is 0 Å². The van der Waals surface area contributed by atoms with Crippen molar-refractivity contribution in [2.45, 2.75) is 25.9 Å². The molecule has 0 saturated heterocycles. The van der Waals surface area contributed by atoms with Crippen molar-refractivity contribution in [2.75, 3.05) is 12.3 Å². The van der Waals surface area contributed by atoms with Crippen LogP contribution in [0.2, 0.25) is 0 Å². The largest absolute Gasteiger partial charge is 0.491 e. The number of nitrogens with two attached hydrogens (primary N) is 1. The molecule has 1 aromatic heterocycles. The van der Waals surface area contributed by atoms with Crippen LogP contribution in [-0.2, 0) is 17.8 Å². The van der Waals surface area contributed by atoms with Gasteiger partial charge in [0.2, 0.25) is 5.91 Å². The van der Waals surface area contributed by atoms with E-state index >= 15 is 0 Å². The first kappa shape index (κ1) is 13.5. The number of hydrogen-bond acceptors (Lipinski definition) is 4. The molecular weight excluding hydrogens is 268 g/mol. The molecule has 2 heterocycles. The highest BCUT2D eigenvalue weighted by Gasteiger charge is 2.21. The molecule has 1 aliphatic heterocycles. The summed E-state index contributed by atoms with van der Waals surface area (Å²) in [5.41, 5.74) is 7.70. The lowest BCUT2D eigenvalue weighted by molar-refractivity contribution is -0.122. The summed E-state index contributed by atoms with van der Waals surface area (Å²) in [5.74, 6) is 1.28. The van der Waals surface area contributed by atoms with Crippen LogP contribution in [0.25, 0.3) is 0 Å². The first-order valence-electron chi connectivity index (χ1n) is 6.92. The van der Waals surface area contributed by atoms with Gasteiger partial charge in [-0.15, -0.1) is 0 Å². The van der Waals surface area contributed by atoms with Crippen LogP contribution in [0.1, 0.15) is 11.3 Å². The van der Waals surface area contributed by atoms with E-state index in [1.165, 1.54) is 4.68 Å². The SMILES string of the molecule is Cc1cc(N)n(CC(=O)NC2COc3ccccc3C2)n1. The average molecular weight is 286 g/mol. The van der Waals surface area contributed by atoms with Gasteiger partial charge in [-0.3, -0.25) is 4.79 Å². The van der Waals surface area contributed by atoms with Crippen molar-refractivity contribution in [3.8, 4) is 5.75 Å². The van der Waals surface area contributed by atoms with Crippen molar-refractivity contribution in [3.63, 3.8) is 0 Å². The average Bonchev–Trinajstić information content (AvgIpc) is 2.76. The minimum Gasteiger partial charge on any atom is -0.491 e. The van der Waals surface area contributed by atoms with Gasteiger partial charge in [-0.2, -0.15) is 5.10 Å². The van der Waals surface area contributed by atoms with Crippen molar-refractivity contribution < 1.29 is 9.53 Å². The Morgan fingerprint density at radius 2 is 2.33 bits per heavy atom. The number of ether oxygens (including phenoxy) is 1. The maximum atomic E-state index is 12.1. The molecule has 0 fully saturated rings. The highest BCUT2D eigenvalue weighted by Crippen LogP contribution is 2.23. The summed E-state index contributed by atoms with van der Waals surface area (Å²) in [6, 6.07) is 9.60. The van der Waals surface area contributed by atoms with E-state index < -0.39 is 0 Å². The van der Waals surface area contributed by atoms with Crippen molar-refractivity contribution in [1.82, 2.24) is 15.1 Å². The number of benzene rings is 1. The fourth-order valence-corrected chi connectivity index (χ4v) is 2.52. The summed E-state index contributed by atoms with van der Waals surface area (Å²) >= 11 is 0. The minimum absolute atomic E-state index is 0.0229. The molecule has 1 atom stereocenters. The zero-order chi connectivity index (χ0) is 14.8. The Morgan fingerprint density at radius 3 is 3.10 bits per heavy atom. The molecule has 0 radical (unpaired) electrons. The van der Waals surface area contributed by atoms with Crippen LogP contribution in [-0.4, -0.2) is 28.3 Å². The lowest BCUT2D eigenvalue weighted by Crippen LogP contribution is -2.44. The molecule has 3 N–H and O–H groups in total. The van der Waals surface area contributed by atoms with E-state index in [4.69, 9.17) is 10.5 Å². The van der Waals surface area contributed by atoms with Crippen LogP contribution >= 0.6 is 0 Å². The predicted molar refractivity (Wildman–Crippen MR) is 78.9 cm³/mol. The minimum atomic E-state index is -0.113. The van der Waals surface area contributed by atoms with E-state index in [1.54, 1.807) is 6.07 Å². The number of aromatic nitrogens is 2. The van der Waals surface area contributed by atoms with Crippen LogP contribution < -0.4 is 15.8 Å². The molecule has 0 saturated carbocycles. The number of anilines is 1. The van der Waals surface area contributed by atoms with Gasteiger partial charge in [-0.1, -0.05) is 18.2 Å². The second-order valence-electron chi connectivity index (χ2n) is 5.26. The second-order valence-corrected chi connectivity index (χ2v) is 5.26. The Hall–Kier alpha value is -2.50. The third-order valence-electron chi connectivity index (χ3n) is 3.47. The van der Waals surface area contributed by atoms with Crippen molar-refractivity contribution in [3.05, 3.63) is 41.6 Å². The van der Waals surface area contributed by atoms with Gasteiger partial charge in [-0.25, -0.2) is 4.68 Å². The summed E-state index contributed by atoms with van der Waals surface area (Å²) in [6.07, 6.45) is 0.773. The predicted octanol–water partition coefficient (Wildman–Crippen LogP) is 0.894. The molecule has 1 unspecified atom stereocenters. The molecule has 110 valence electrons. The molecule has 1 aliphatic rings. The number of carbonyl (C=O) groups excluding carboxylic acids is 1. The van der Waals surface area contributed by atoms with Gasteiger partial charge < -0.3 is 15.8 Å². The molecule has 0 aliphatic carbocycles. The van der Waals surface area contributed by atoms with Gasteiger partial charge in [0.15, 0.2) is 0 Å². The van der Waals surface area contributed by atoms with E-state index in [-0.39, 0.29) is 18.5 Å². The van der Waals surface area contributed by atoms with E-state index in [0.29, 0.717) is 12.4 Å². The smallest absolute Gasteiger partial charge is 0.242 e. The van der Waals surface area contributed by atoms with Crippen molar-refractivity contribution in [1.29, 1.82) is 0 Å². The molecule has 2 aromatic rings. The summed E-state index contributed by atoms with van der Waals surface area (Å²) < 4.78 is 7.16. The standard InChI is InChI=1S/C15H18N4O2/c1-10-6-14(16)19(18-10)8-15(20)17-12-7-11-4-2-3-5-13(11)21-9-12/h2-6,12H,7-9,16H2,1H3,(H,17,20). The highest BCUT2D eigenvalue weighted by molar-refractivity contribution is 5.76. The van der Waals surface area contributed by atoms with Crippen molar-refractivity contribution in [2.24, 2.45) is 0 Å². The summed E-state index contributed by atoms with van der Waals surface area (Å²) in [5, 5.41) is 7.14. The zero-order valence-electron chi connectivity index (χ0n) is 11.9. The number of hydrogen-bond donors (Lipinski definition) is 2. The summed E-state index contributed by atoms with van der Waals surface area (Å²) in [4.78, 5) is 12.1. The third kappa shape index (κ3) is 2.99. The monoisotopic (exact) mass is 286 g/mol. The number of nitrogens with one attached hydrogen (secondary N) is 1. The lowest BCUT2D eigenvalue weighted by Gasteiger charge is -2.26. The molecule has 0 bridgehead atoms. The number of para-hydroxylation sites is 1. The van der Waals surface area contributed by atoms with Gasteiger partial charge >= 0.3 is 0 Å². The number of fused-ring (bicyclic) bond motifs is 1. The molecular formula is C15H18N4O2. The molecule has 21 heavy (non-hydrogen) atoms. The highest BCUT2D eigenvalue weighted by atomic mass is 16.5. The van der Waals surface area contributed by atoms with E-state index in [0.717, 1.165) is 23.4 Å². The molecule has 6 heteroatoms. The number of aryl methyl sites for hydroxylation is 1. The molecule has 6 nitrogen and oxygen atoms in total. The van der Waals surface area contributed by atoms with Gasteiger partial charge in [-0.05, 0) is 25.0 Å². The van der Waals surface area contributed by atoms with Gasteiger partial charge in [0, 0.05) is 6.07 Å². The fourth-order valence-electron chi connectivity index (χ4n) is 2.52. The topological polar surface area (TPSA) is 82.2 Å². The number of nitrogen functional groups attached to an aromatic ring is 1. The Labute approximate surface area is 122 Å². The van der Waals surface area contributed by atoms with Crippen LogP contribution in [0.15, 0.2) is 30.3 Å². The van der Waals surface area contributed by atoms with Crippen LogP contribution in [0.3, 0.4) is 0 Å². The second kappa shape index (κ2) is 5.47. The maximum absolute atomic E-state index is 12.1. The molecule has 1 amide bonds. The van der Waals surface area contributed by atoms with Crippen LogP contribution in [0.4, 0.5) is 5.82 Å². The Kier molecular flexibility index (Phi) is 3.51. The normalized spacial score (nSPS) is 16.9. The van der Waals surface area contributed by atoms with Gasteiger partial charge in [0.1, 0.15) is 24.7 Å². The first-order chi connectivity index (χ1) is 10.1. The quantitative estimate of drug-likeness (QED) is 0.878. The Bertz CT molecular complexity index is 665. The fraction of sp³-hybridized carbons (Fsp3) is 0.333. The van der Waals surface area contributed by atoms with E-state index in [1.807, 2.05) is 31.2 Å². The number of amides is 1. The lowest BCUT2D eigenvalue weighted by atomic mass is 10.0. The van der Waals surface area contributed by atoms with E-state index in [9.17, 15) is 4.79 Å². The number of nitrogens with zero attached hydrogens (tertiary/aromatic N) is 2. The maximum Gasteiger partial charge on any atom is 0.242 e. The van der Waals surface area contributed by atoms with Crippen LogP contribution in [0.5, 0.6) is 5.75 Å². The van der Waals surface area contributed by atoms with Crippen LogP contribution in [0, 0.1) is 6.92 Å².